The van der Waals surface area contributed by atoms with E-state index in [2.05, 4.69) is 11.9 Å². The van der Waals surface area contributed by atoms with E-state index in [1.807, 2.05) is 0 Å². The van der Waals surface area contributed by atoms with E-state index in [0.717, 1.165) is 0 Å². The van der Waals surface area contributed by atoms with E-state index in [1.165, 1.54) is 17.0 Å². The monoisotopic (exact) mass is 563 g/mol. The molecular formula is C20H20ClFIN3O3S. The van der Waals surface area contributed by atoms with Gasteiger partial charge in [-0.05, 0) is 70.0 Å². The molecule has 30 heavy (non-hydrogen) atoms. The molecule has 0 aromatic heterocycles. The molecule has 1 unspecified atom stereocenters. The topological polar surface area (TPSA) is 92.5 Å². The van der Waals surface area contributed by atoms with Gasteiger partial charge in [-0.2, -0.15) is 0 Å². The van der Waals surface area contributed by atoms with E-state index in [9.17, 15) is 17.6 Å². The van der Waals surface area contributed by atoms with Gasteiger partial charge in [-0.15, -0.1) is 0 Å². The Kier molecular flexibility index (Phi) is 6.87. The predicted molar refractivity (Wildman–Crippen MR) is 124 cm³/mol. The van der Waals surface area contributed by atoms with Gasteiger partial charge in [0.2, 0.25) is 19.7 Å². The summed E-state index contributed by atoms with van der Waals surface area (Å²) in [6.45, 7) is 3.97. The fourth-order valence-electron chi connectivity index (χ4n) is 3.39. The Balaban J connectivity index is 1.92. The van der Waals surface area contributed by atoms with Crippen molar-refractivity contribution in [3.8, 4) is 0 Å². The summed E-state index contributed by atoms with van der Waals surface area (Å²) in [6, 6.07) is 9.94. The molecule has 0 bridgehead atoms. The van der Waals surface area contributed by atoms with Crippen LogP contribution < -0.4 is 10.5 Å². The summed E-state index contributed by atoms with van der Waals surface area (Å²) in [5, 5.41) is 8.57. The molecule has 0 radical (unpaired) electrons. The number of carbonyl (C=O) groups excluding carboxylic acids is 1. The third-order valence-corrected chi connectivity index (χ3v) is 7.33. The zero-order valence-electron chi connectivity index (χ0n) is 15.9. The van der Waals surface area contributed by atoms with Crippen LogP contribution in [-0.2, 0) is 34.2 Å². The van der Waals surface area contributed by atoms with Crippen LogP contribution in [0.25, 0.3) is 0 Å². The molecule has 2 aromatic rings. The van der Waals surface area contributed by atoms with Gasteiger partial charge < -0.3 is 5.32 Å². The second-order valence-electron chi connectivity index (χ2n) is 6.94. The molecule has 160 valence electrons. The van der Waals surface area contributed by atoms with Gasteiger partial charge in [0, 0.05) is 23.8 Å². The first kappa shape index (κ1) is 23.1. The summed E-state index contributed by atoms with van der Waals surface area (Å²) in [4.78, 5) is 14.0. The maximum atomic E-state index is 14.7. The molecule has 1 aliphatic rings. The molecule has 0 saturated heterocycles. The van der Waals surface area contributed by atoms with Crippen molar-refractivity contribution in [1.82, 2.24) is 4.90 Å². The Morgan fingerprint density at radius 3 is 2.73 bits per heavy atom. The van der Waals surface area contributed by atoms with Crippen molar-refractivity contribution in [2.75, 3.05) is 11.9 Å². The van der Waals surface area contributed by atoms with E-state index in [4.69, 9.17) is 16.7 Å². The fourth-order valence-corrected chi connectivity index (χ4v) is 4.87. The van der Waals surface area contributed by atoms with Crippen LogP contribution in [0, 0.1) is 0 Å². The number of halogens is 3. The van der Waals surface area contributed by atoms with Gasteiger partial charge in [0.25, 0.3) is 0 Å². The lowest BCUT2D eigenvalue weighted by Gasteiger charge is -2.35. The molecule has 1 aliphatic heterocycles. The molecule has 0 aliphatic carbocycles. The number of anilines is 1. The van der Waals surface area contributed by atoms with Crippen molar-refractivity contribution in [1.29, 1.82) is 0 Å². The summed E-state index contributed by atoms with van der Waals surface area (Å²) >= 11 is 7.74. The van der Waals surface area contributed by atoms with E-state index in [0.29, 0.717) is 34.7 Å². The number of nitrogens with two attached hydrogens (primary N) is 1. The van der Waals surface area contributed by atoms with Gasteiger partial charge in [-0.3, -0.25) is 9.69 Å². The zero-order valence-corrected chi connectivity index (χ0v) is 19.6. The first-order chi connectivity index (χ1) is 14.0. The van der Waals surface area contributed by atoms with Gasteiger partial charge in [-0.25, -0.2) is 17.9 Å². The summed E-state index contributed by atoms with van der Waals surface area (Å²) in [7, 11) is -4.03. The number of primary sulfonamides is 1. The van der Waals surface area contributed by atoms with Crippen molar-refractivity contribution in [2.24, 2.45) is 5.14 Å². The van der Waals surface area contributed by atoms with Crippen molar-refractivity contribution >= 4 is 55.8 Å². The minimum Gasteiger partial charge on any atom is -0.326 e. The number of sulfonamides is 1. The minimum atomic E-state index is -4.03. The van der Waals surface area contributed by atoms with Crippen LogP contribution in [0.2, 0.25) is 5.02 Å². The number of fused-ring (bicyclic) bond motifs is 1. The Labute approximate surface area is 193 Å². The van der Waals surface area contributed by atoms with Crippen molar-refractivity contribution in [2.45, 2.75) is 28.1 Å². The lowest BCUT2D eigenvalue weighted by Crippen LogP contribution is -2.42. The number of hydrogen-bond donors (Lipinski definition) is 2. The summed E-state index contributed by atoms with van der Waals surface area (Å²) in [6.07, 6.45) is 1.51. The lowest BCUT2D eigenvalue weighted by molar-refractivity contribution is -0.115. The second kappa shape index (κ2) is 8.91. The maximum Gasteiger partial charge on any atom is 0.238 e. The van der Waals surface area contributed by atoms with Crippen molar-refractivity contribution < 1.29 is 17.6 Å². The number of benzene rings is 2. The molecule has 2 aromatic carbocycles. The van der Waals surface area contributed by atoms with Crippen LogP contribution >= 0.6 is 34.2 Å². The standard InChI is InChI=1S/C20H20ClFIN3O3S/c1-2-20(22,23)26-8-7-16-14(12-26)9-15(11-18(16)30(24,28)29)25-19(27)10-13-5-3-4-6-17(13)21/h2-6,9,11H,1,7-8,10,12H2,(H,25,27)(H2,24,28,29). The Morgan fingerprint density at radius 2 is 2.10 bits per heavy atom. The van der Waals surface area contributed by atoms with E-state index >= 15 is 0 Å². The highest BCUT2D eigenvalue weighted by Gasteiger charge is 2.34. The van der Waals surface area contributed by atoms with Crippen LogP contribution in [0.3, 0.4) is 0 Å². The SMILES string of the molecule is C=CC(F)(I)N1CCc2c(cc(NC(=O)Cc3ccccc3Cl)cc2S(N)(=O)=O)C1. The van der Waals surface area contributed by atoms with E-state index in [-0.39, 0.29) is 29.5 Å². The molecule has 0 saturated carbocycles. The number of alkyl halides is 2. The minimum absolute atomic E-state index is 0.0192. The number of nitrogens with zero attached hydrogens (tertiary/aromatic N) is 1. The molecule has 0 spiro atoms. The predicted octanol–water partition coefficient (Wildman–Crippen LogP) is 3.77. The number of amides is 1. The molecule has 10 heteroatoms. The number of nitrogens with one attached hydrogen (secondary N) is 1. The maximum absolute atomic E-state index is 14.7. The van der Waals surface area contributed by atoms with Crippen LogP contribution in [0.5, 0.6) is 0 Å². The Hall–Kier alpha value is -1.53. The summed E-state index contributed by atoms with van der Waals surface area (Å²) in [5.74, 6) is -0.365. The number of rotatable bonds is 6. The van der Waals surface area contributed by atoms with Crippen molar-refractivity contribution in [3.63, 3.8) is 0 Å². The van der Waals surface area contributed by atoms with Gasteiger partial charge >= 0.3 is 0 Å². The van der Waals surface area contributed by atoms with Gasteiger partial charge in [0.05, 0.1) is 11.3 Å². The fraction of sp³-hybridized carbons (Fsp3) is 0.250. The average Bonchev–Trinajstić information content (AvgIpc) is 2.68. The zero-order chi connectivity index (χ0) is 22.1. The number of hydrogen-bond acceptors (Lipinski definition) is 4. The molecule has 6 nitrogen and oxygen atoms in total. The highest BCUT2D eigenvalue weighted by molar-refractivity contribution is 14.1. The molecule has 3 N–H and O–H groups in total. The molecule has 1 atom stereocenters. The highest BCUT2D eigenvalue weighted by Crippen LogP contribution is 2.35. The van der Waals surface area contributed by atoms with Crippen LogP contribution in [-0.4, -0.2) is 29.6 Å². The summed E-state index contributed by atoms with van der Waals surface area (Å²) < 4.78 is 37.2. The van der Waals surface area contributed by atoms with Gasteiger partial charge in [0.15, 0.2) is 0 Å². The molecule has 1 amide bonds. The molecule has 3 rings (SSSR count). The molecular weight excluding hydrogens is 544 g/mol. The smallest absolute Gasteiger partial charge is 0.238 e. The average molecular weight is 564 g/mol. The van der Waals surface area contributed by atoms with E-state index < -0.39 is 13.8 Å². The highest BCUT2D eigenvalue weighted by atomic mass is 127. The van der Waals surface area contributed by atoms with Gasteiger partial charge in [-0.1, -0.05) is 36.4 Å². The van der Waals surface area contributed by atoms with Gasteiger partial charge in [0.1, 0.15) is 0 Å². The molecule has 0 fully saturated rings. The number of carbonyl (C=O) groups is 1. The van der Waals surface area contributed by atoms with Crippen LogP contribution in [0.15, 0.2) is 53.9 Å². The Bertz CT molecular complexity index is 1110. The van der Waals surface area contributed by atoms with Crippen molar-refractivity contribution in [3.05, 3.63) is 70.8 Å². The normalized spacial score (nSPS) is 16.4. The third-order valence-electron chi connectivity index (χ3n) is 4.86. The second-order valence-corrected chi connectivity index (χ2v) is 10.4. The van der Waals surface area contributed by atoms with Crippen LogP contribution in [0.4, 0.5) is 10.1 Å². The first-order valence-corrected chi connectivity index (χ1v) is 12.0. The quantitative estimate of drug-likeness (QED) is 0.242. The lowest BCUT2D eigenvalue weighted by atomic mass is 9.98. The molecule has 1 heterocycles. The van der Waals surface area contributed by atoms with E-state index in [1.54, 1.807) is 52.9 Å². The first-order valence-electron chi connectivity index (χ1n) is 8.99. The largest absolute Gasteiger partial charge is 0.326 e. The van der Waals surface area contributed by atoms with Crippen LogP contribution in [0.1, 0.15) is 16.7 Å². The third kappa shape index (κ3) is 5.20. The Morgan fingerprint density at radius 1 is 1.40 bits per heavy atom. The summed E-state index contributed by atoms with van der Waals surface area (Å²) in [5.41, 5.74) is 2.04.